The lowest BCUT2D eigenvalue weighted by atomic mass is 9.90. The van der Waals surface area contributed by atoms with Gasteiger partial charge in [-0.15, -0.1) is 0 Å². The minimum atomic E-state index is -0.982. The fraction of sp³-hybridized carbons (Fsp3) is 0.655. The predicted molar refractivity (Wildman–Crippen MR) is 158 cm³/mol. The number of nitrogens with one attached hydrogen (secondary N) is 3. The molecule has 220 valence electrons. The van der Waals surface area contributed by atoms with Crippen molar-refractivity contribution in [3.63, 3.8) is 0 Å². The molecule has 0 aliphatic rings. The molecule has 3 atom stereocenters. The summed E-state index contributed by atoms with van der Waals surface area (Å²) >= 11 is 3.42. The van der Waals surface area contributed by atoms with Gasteiger partial charge in [-0.2, -0.15) is 0 Å². The summed E-state index contributed by atoms with van der Waals surface area (Å²) in [5.41, 5.74) is -0.232. The van der Waals surface area contributed by atoms with Gasteiger partial charge in [0.2, 0.25) is 17.7 Å². The molecule has 3 N–H and O–H groups in total. The summed E-state index contributed by atoms with van der Waals surface area (Å²) in [4.78, 5) is 54.3. The van der Waals surface area contributed by atoms with Crippen molar-refractivity contribution in [2.24, 2.45) is 11.8 Å². The number of benzene rings is 1. The van der Waals surface area contributed by atoms with Crippen molar-refractivity contribution in [1.29, 1.82) is 0 Å². The first kappa shape index (κ1) is 34.4. The van der Waals surface area contributed by atoms with Crippen molar-refractivity contribution in [2.75, 3.05) is 11.4 Å². The third-order valence-corrected chi connectivity index (χ3v) is 6.79. The average Bonchev–Trinajstić information content (AvgIpc) is 2.83. The number of carbonyl (C=O) groups is 4. The Morgan fingerprint density at radius 3 is 1.95 bits per heavy atom. The van der Waals surface area contributed by atoms with Crippen LogP contribution in [0.5, 0.6) is 0 Å². The van der Waals surface area contributed by atoms with E-state index >= 15 is 0 Å². The molecule has 0 radical (unpaired) electrons. The molecule has 0 aliphatic carbocycles. The van der Waals surface area contributed by atoms with Gasteiger partial charge in [0.05, 0.1) is 0 Å². The highest BCUT2D eigenvalue weighted by Crippen LogP contribution is 2.28. The van der Waals surface area contributed by atoms with Crippen LogP contribution in [0.15, 0.2) is 28.7 Å². The molecule has 10 heteroatoms. The molecule has 0 spiro atoms. The van der Waals surface area contributed by atoms with E-state index < -0.39 is 41.6 Å². The van der Waals surface area contributed by atoms with Gasteiger partial charge < -0.3 is 20.7 Å². The standard InChI is InChI=1S/C29H47BrN4O5/c1-10-21(11-2)24(26(36)32-19(5)25(35)31-17-16-18(3)4)34(23-14-12-22(30)13-15-23)27(37)20(6)33-28(38)39-29(7,8)9/h12-15,18-21,24H,10-11,16-17H2,1-9H3,(H,31,35)(H,32,36)(H,33,38)/t19?,20-,24?/m0/s1. The fourth-order valence-corrected chi connectivity index (χ4v) is 4.32. The number of halogens is 1. The smallest absolute Gasteiger partial charge is 0.408 e. The zero-order chi connectivity index (χ0) is 29.9. The molecule has 0 bridgehead atoms. The molecular formula is C29H47BrN4O5. The fourth-order valence-electron chi connectivity index (χ4n) is 4.06. The quantitative estimate of drug-likeness (QED) is 0.285. The topological polar surface area (TPSA) is 117 Å². The van der Waals surface area contributed by atoms with E-state index in [1.165, 1.54) is 4.90 Å². The maximum absolute atomic E-state index is 13.9. The molecule has 2 unspecified atom stereocenters. The number of hydrogen-bond acceptors (Lipinski definition) is 5. The third kappa shape index (κ3) is 11.6. The van der Waals surface area contributed by atoms with Gasteiger partial charge >= 0.3 is 6.09 Å². The van der Waals surface area contributed by atoms with E-state index in [-0.39, 0.29) is 11.8 Å². The van der Waals surface area contributed by atoms with Crippen molar-refractivity contribution in [1.82, 2.24) is 16.0 Å². The van der Waals surface area contributed by atoms with Crippen molar-refractivity contribution in [2.45, 2.75) is 105 Å². The first-order valence-electron chi connectivity index (χ1n) is 13.8. The van der Waals surface area contributed by atoms with Crippen LogP contribution in [0.25, 0.3) is 0 Å². The summed E-state index contributed by atoms with van der Waals surface area (Å²) in [7, 11) is 0. The van der Waals surface area contributed by atoms with Crippen LogP contribution in [0.4, 0.5) is 10.5 Å². The number of rotatable bonds is 13. The van der Waals surface area contributed by atoms with Crippen molar-refractivity contribution < 1.29 is 23.9 Å². The lowest BCUT2D eigenvalue weighted by Gasteiger charge is -2.37. The van der Waals surface area contributed by atoms with Gasteiger partial charge in [0.15, 0.2) is 0 Å². The second-order valence-corrected chi connectivity index (χ2v) is 12.2. The summed E-state index contributed by atoms with van der Waals surface area (Å²) in [5, 5.41) is 8.29. The largest absolute Gasteiger partial charge is 0.444 e. The maximum Gasteiger partial charge on any atom is 0.408 e. The summed E-state index contributed by atoms with van der Waals surface area (Å²) in [6.07, 6.45) is 1.35. The average molecular weight is 612 g/mol. The number of ether oxygens (including phenoxy) is 1. The second-order valence-electron chi connectivity index (χ2n) is 11.3. The molecule has 0 aromatic heterocycles. The van der Waals surface area contributed by atoms with E-state index in [0.717, 1.165) is 10.9 Å². The number of carbonyl (C=O) groups excluding carboxylic acids is 4. The van der Waals surface area contributed by atoms with Crippen molar-refractivity contribution >= 4 is 45.4 Å². The normalized spacial score (nSPS) is 13.8. The van der Waals surface area contributed by atoms with Gasteiger partial charge in [-0.3, -0.25) is 19.3 Å². The molecule has 1 aromatic rings. The number of anilines is 1. The van der Waals surface area contributed by atoms with Crippen molar-refractivity contribution in [3.05, 3.63) is 28.7 Å². The van der Waals surface area contributed by atoms with E-state index in [9.17, 15) is 19.2 Å². The van der Waals surface area contributed by atoms with Crippen LogP contribution in [0.1, 0.15) is 81.6 Å². The van der Waals surface area contributed by atoms with Gasteiger partial charge in [-0.25, -0.2) is 4.79 Å². The number of alkyl carbamates (subject to hydrolysis) is 1. The highest BCUT2D eigenvalue weighted by molar-refractivity contribution is 9.10. The molecule has 0 saturated carbocycles. The summed E-state index contributed by atoms with van der Waals surface area (Å²) in [6, 6.07) is 4.37. The zero-order valence-corrected chi connectivity index (χ0v) is 26.5. The van der Waals surface area contributed by atoms with Gasteiger partial charge in [0, 0.05) is 16.7 Å². The van der Waals surface area contributed by atoms with Crippen LogP contribution in [0.2, 0.25) is 0 Å². The second kappa shape index (κ2) is 15.8. The minimum Gasteiger partial charge on any atom is -0.444 e. The summed E-state index contributed by atoms with van der Waals surface area (Å²) < 4.78 is 6.15. The maximum atomic E-state index is 13.9. The van der Waals surface area contributed by atoms with Crippen molar-refractivity contribution in [3.8, 4) is 0 Å². The molecular weight excluding hydrogens is 564 g/mol. The molecule has 9 nitrogen and oxygen atoms in total. The summed E-state index contributed by atoms with van der Waals surface area (Å²) in [5.74, 6) is -0.951. The van der Waals surface area contributed by atoms with Crippen LogP contribution >= 0.6 is 15.9 Å². The molecule has 1 rings (SSSR count). The summed E-state index contributed by atoms with van der Waals surface area (Å²) in [6.45, 7) is 17.0. The SMILES string of the molecule is CCC(CC)C(C(=O)NC(C)C(=O)NCCC(C)C)N(C(=O)[C@H](C)NC(=O)OC(C)(C)C)c1ccc(Br)cc1. The van der Waals surface area contributed by atoms with Gasteiger partial charge in [0.25, 0.3) is 0 Å². The molecule has 0 heterocycles. The third-order valence-electron chi connectivity index (χ3n) is 6.26. The lowest BCUT2D eigenvalue weighted by molar-refractivity contribution is -0.131. The van der Waals surface area contributed by atoms with E-state index in [0.29, 0.717) is 31.0 Å². The monoisotopic (exact) mass is 610 g/mol. The Labute approximate surface area is 242 Å². The highest BCUT2D eigenvalue weighted by Gasteiger charge is 2.39. The Bertz CT molecular complexity index is 957. The Morgan fingerprint density at radius 1 is 0.897 bits per heavy atom. The van der Waals surface area contributed by atoms with Gasteiger partial charge in [0.1, 0.15) is 23.7 Å². The van der Waals surface area contributed by atoms with Gasteiger partial charge in [-0.05, 0) is 77.1 Å². The zero-order valence-electron chi connectivity index (χ0n) is 24.9. The Balaban J connectivity index is 3.36. The van der Waals surface area contributed by atoms with E-state index in [4.69, 9.17) is 4.74 Å². The van der Waals surface area contributed by atoms with Crippen LogP contribution < -0.4 is 20.9 Å². The Kier molecular flexibility index (Phi) is 14.0. The van der Waals surface area contributed by atoms with E-state index in [2.05, 4.69) is 45.7 Å². The van der Waals surface area contributed by atoms with Crippen LogP contribution in [0.3, 0.4) is 0 Å². The molecule has 4 amide bonds. The minimum absolute atomic E-state index is 0.206. The van der Waals surface area contributed by atoms with Crippen LogP contribution in [-0.4, -0.2) is 54.1 Å². The first-order valence-corrected chi connectivity index (χ1v) is 14.6. The lowest BCUT2D eigenvalue weighted by Crippen LogP contribution is -2.60. The highest BCUT2D eigenvalue weighted by atomic mass is 79.9. The van der Waals surface area contributed by atoms with E-state index in [1.807, 2.05) is 13.8 Å². The first-order chi connectivity index (χ1) is 18.1. The molecule has 39 heavy (non-hydrogen) atoms. The molecule has 1 aromatic carbocycles. The van der Waals surface area contributed by atoms with Crippen LogP contribution in [-0.2, 0) is 19.1 Å². The molecule has 0 saturated heterocycles. The molecule has 0 aliphatic heterocycles. The number of nitrogens with zero attached hydrogens (tertiary/aromatic N) is 1. The predicted octanol–water partition coefficient (Wildman–Crippen LogP) is 5.17. The molecule has 0 fully saturated rings. The van der Waals surface area contributed by atoms with Crippen LogP contribution in [0, 0.1) is 11.8 Å². The number of hydrogen-bond donors (Lipinski definition) is 3. The van der Waals surface area contributed by atoms with E-state index in [1.54, 1.807) is 58.9 Å². The Hall–Kier alpha value is -2.62. The number of amides is 4. The van der Waals surface area contributed by atoms with Gasteiger partial charge in [-0.1, -0.05) is 56.5 Å². The Morgan fingerprint density at radius 2 is 1.46 bits per heavy atom.